The lowest BCUT2D eigenvalue weighted by molar-refractivity contribution is 0.209. The second-order valence-electron chi connectivity index (χ2n) is 5.48. The highest BCUT2D eigenvalue weighted by atomic mass is 35.5. The van der Waals surface area contributed by atoms with Gasteiger partial charge in [0.2, 0.25) is 0 Å². The summed E-state index contributed by atoms with van der Waals surface area (Å²) >= 11 is 10.4. The summed E-state index contributed by atoms with van der Waals surface area (Å²) in [6.45, 7) is 0. The molecule has 0 saturated carbocycles. The highest BCUT2D eigenvalue weighted by Crippen LogP contribution is 2.41. The lowest BCUT2D eigenvalue weighted by Gasteiger charge is -2.26. The molecule has 0 radical (unpaired) electrons. The lowest BCUT2D eigenvalue weighted by atomic mass is 10.3. The Morgan fingerprint density at radius 1 is 1.07 bits per heavy atom. The first kappa shape index (κ1) is 20.6. The van der Waals surface area contributed by atoms with Crippen LogP contribution in [0.4, 0.5) is 21.9 Å². The molecule has 0 spiro atoms. The van der Waals surface area contributed by atoms with E-state index in [1.165, 1.54) is 35.2 Å². The van der Waals surface area contributed by atoms with Gasteiger partial charge in [-0.1, -0.05) is 41.4 Å². The Kier molecular flexibility index (Phi) is 6.58. The van der Waals surface area contributed by atoms with E-state index >= 15 is 0 Å². The van der Waals surface area contributed by atoms with Gasteiger partial charge in [0.25, 0.3) is 0 Å². The molecule has 0 fully saturated rings. The van der Waals surface area contributed by atoms with Crippen LogP contribution in [0, 0.1) is 0 Å². The SMILES string of the molecule is CN(C(=O)Oc1ccc(N(c2cc(Cl)sc2Cl)S(=O)[O-])cc1)c1ccccc1. The number of benzene rings is 2. The molecular formula is C18H13Cl2N2O4S2-. The number of carbonyl (C=O) groups excluding carboxylic acids is 1. The van der Waals surface area contributed by atoms with Gasteiger partial charge in [-0.3, -0.25) is 13.4 Å². The molecular weight excluding hydrogens is 443 g/mol. The third-order valence-corrected chi connectivity index (χ3v) is 5.87. The summed E-state index contributed by atoms with van der Waals surface area (Å²) in [5.41, 5.74) is 1.25. The Morgan fingerprint density at radius 3 is 2.25 bits per heavy atom. The zero-order valence-corrected chi connectivity index (χ0v) is 17.5. The number of carbonyl (C=O) groups is 1. The number of hydrogen-bond donors (Lipinski definition) is 0. The van der Waals surface area contributed by atoms with Crippen molar-refractivity contribution in [3.63, 3.8) is 0 Å². The van der Waals surface area contributed by atoms with E-state index in [1.807, 2.05) is 18.2 Å². The Morgan fingerprint density at radius 2 is 1.71 bits per heavy atom. The summed E-state index contributed by atoms with van der Waals surface area (Å²) in [5, 5.41) is 0. The number of ether oxygens (including phenoxy) is 1. The standard InChI is InChI=1S/C18H14Cl2N2O4S2/c1-21(12-5-3-2-4-6-12)18(23)26-14-9-7-13(8-10-14)22(28(24)25)15-11-16(19)27-17(15)20/h2-11H,1H3,(H,24,25)/p-1. The van der Waals surface area contributed by atoms with E-state index < -0.39 is 17.4 Å². The maximum absolute atomic E-state index is 12.3. The highest BCUT2D eigenvalue weighted by Gasteiger charge is 2.18. The molecule has 28 heavy (non-hydrogen) atoms. The van der Waals surface area contributed by atoms with E-state index in [-0.39, 0.29) is 15.8 Å². The molecule has 3 aromatic rings. The minimum atomic E-state index is -2.62. The molecule has 0 saturated heterocycles. The molecule has 0 N–H and O–H groups in total. The van der Waals surface area contributed by atoms with Gasteiger partial charge in [0.1, 0.15) is 10.1 Å². The zero-order valence-electron chi connectivity index (χ0n) is 14.4. The van der Waals surface area contributed by atoms with E-state index in [1.54, 1.807) is 19.2 Å². The number of hydrogen-bond acceptors (Lipinski definition) is 5. The average Bonchev–Trinajstić information content (AvgIpc) is 3.00. The van der Waals surface area contributed by atoms with Crippen molar-refractivity contribution in [1.29, 1.82) is 0 Å². The van der Waals surface area contributed by atoms with Gasteiger partial charge in [-0.15, -0.1) is 11.3 Å². The van der Waals surface area contributed by atoms with Crippen LogP contribution in [0.1, 0.15) is 0 Å². The largest absolute Gasteiger partial charge is 0.755 e. The molecule has 1 amide bonds. The molecule has 0 aliphatic heterocycles. The molecule has 3 rings (SSSR count). The maximum Gasteiger partial charge on any atom is 0.419 e. The van der Waals surface area contributed by atoms with Gasteiger partial charge in [0, 0.05) is 12.7 Å². The van der Waals surface area contributed by atoms with Crippen LogP contribution in [0.25, 0.3) is 0 Å². The summed E-state index contributed by atoms with van der Waals surface area (Å²) in [7, 11) is 1.59. The van der Waals surface area contributed by atoms with E-state index in [0.717, 1.165) is 15.6 Å². The molecule has 1 unspecified atom stereocenters. The van der Waals surface area contributed by atoms with Crippen molar-refractivity contribution in [1.82, 2.24) is 0 Å². The fourth-order valence-electron chi connectivity index (χ4n) is 2.35. The van der Waals surface area contributed by atoms with E-state index in [0.29, 0.717) is 15.7 Å². The molecule has 1 atom stereocenters. The van der Waals surface area contributed by atoms with Crippen LogP contribution in [-0.4, -0.2) is 21.9 Å². The van der Waals surface area contributed by atoms with Gasteiger partial charge in [0.05, 0.1) is 27.0 Å². The van der Waals surface area contributed by atoms with Crippen LogP contribution in [0.15, 0.2) is 60.7 Å². The number of para-hydroxylation sites is 1. The number of halogens is 2. The Balaban J connectivity index is 1.78. The molecule has 1 aromatic heterocycles. The van der Waals surface area contributed by atoms with Crippen molar-refractivity contribution < 1.29 is 18.3 Å². The normalized spacial score (nSPS) is 11.7. The summed E-state index contributed by atoms with van der Waals surface area (Å²) in [5.74, 6) is 0.266. The van der Waals surface area contributed by atoms with E-state index in [2.05, 4.69) is 0 Å². The van der Waals surface area contributed by atoms with Crippen molar-refractivity contribution >= 4 is 69.0 Å². The Hall–Kier alpha value is -2.10. The number of thiophene rings is 1. The minimum absolute atomic E-state index is 0.245. The van der Waals surface area contributed by atoms with Gasteiger partial charge in [-0.05, 0) is 42.5 Å². The smallest absolute Gasteiger partial charge is 0.419 e. The number of rotatable bonds is 5. The fraction of sp³-hybridized carbons (Fsp3) is 0.0556. The van der Waals surface area contributed by atoms with Crippen LogP contribution in [0.2, 0.25) is 8.67 Å². The van der Waals surface area contributed by atoms with Gasteiger partial charge < -0.3 is 9.29 Å². The van der Waals surface area contributed by atoms with Gasteiger partial charge >= 0.3 is 6.09 Å². The molecule has 10 heteroatoms. The van der Waals surface area contributed by atoms with Crippen LogP contribution < -0.4 is 13.9 Å². The molecule has 2 aromatic carbocycles. The first-order valence-electron chi connectivity index (χ1n) is 7.82. The van der Waals surface area contributed by atoms with Gasteiger partial charge in [-0.25, -0.2) is 4.79 Å². The summed E-state index contributed by atoms with van der Waals surface area (Å²) in [6, 6.07) is 16.5. The molecule has 0 bridgehead atoms. The van der Waals surface area contributed by atoms with E-state index in [9.17, 15) is 13.6 Å². The van der Waals surface area contributed by atoms with Crippen LogP contribution in [0.5, 0.6) is 5.75 Å². The maximum atomic E-state index is 12.3. The predicted octanol–water partition coefficient (Wildman–Crippen LogP) is 5.62. The molecule has 1 heterocycles. The lowest BCUT2D eigenvalue weighted by Crippen LogP contribution is -2.29. The monoisotopic (exact) mass is 455 g/mol. The Bertz CT molecular complexity index is 997. The van der Waals surface area contributed by atoms with Crippen molar-refractivity contribution in [2.24, 2.45) is 0 Å². The van der Waals surface area contributed by atoms with Crippen LogP contribution >= 0.6 is 34.5 Å². The van der Waals surface area contributed by atoms with Crippen molar-refractivity contribution in [3.8, 4) is 5.75 Å². The first-order valence-corrected chi connectivity index (χ1v) is 10.4. The first-order chi connectivity index (χ1) is 13.4. The van der Waals surface area contributed by atoms with Crippen molar-refractivity contribution in [2.75, 3.05) is 16.3 Å². The molecule has 6 nitrogen and oxygen atoms in total. The zero-order chi connectivity index (χ0) is 20.3. The highest BCUT2D eigenvalue weighted by molar-refractivity contribution is 7.81. The van der Waals surface area contributed by atoms with Crippen molar-refractivity contribution in [2.45, 2.75) is 0 Å². The quantitative estimate of drug-likeness (QED) is 0.467. The number of nitrogens with zero attached hydrogens (tertiary/aromatic N) is 2. The number of anilines is 3. The van der Waals surface area contributed by atoms with Gasteiger partial charge in [0.15, 0.2) is 0 Å². The third kappa shape index (κ3) is 4.65. The summed E-state index contributed by atoms with van der Waals surface area (Å²) in [4.78, 5) is 13.6. The average molecular weight is 456 g/mol. The predicted molar refractivity (Wildman–Crippen MR) is 113 cm³/mol. The van der Waals surface area contributed by atoms with Crippen LogP contribution in [0.3, 0.4) is 0 Å². The second kappa shape index (κ2) is 8.93. The van der Waals surface area contributed by atoms with E-state index in [4.69, 9.17) is 27.9 Å². The van der Waals surface area contributed by atoms with Crippen molar-refractivity contribution in [3.05, 3.63) is 69.3 Å². The van der Waals surface area contributed by atoms with Crippen LogP contribution in [-0.2, 0) is 11.3 Å². The van der Waals surface area contributed by atoms with Gasteiger partial charge in [-0.2, -0.15) is 0 Å². The molecule has 0 aliphatic rings. The molecule has 0 aliphatic carbocycles. The summed E-state index contributed by atoms with van der Waals surface area (Å²) < 4.78 is 30.4. The Labute approximate surface area is 178 Å². The number of amides is 1. The third-order valence-electron chi connectivity index (χ3n) is 3.70. The fourth-order valence-corrected chi connectivity index (χ4v) is 4.50. The minimum Gasteiger partial charge on any atom is -0.755 e. The second-order valence-corrected chi connectivity index (χ2v) is 8.56. The topological polar surface area (TPSA) is 72.9 Å². The molecule has 146 valence electrons. The summed E-state index contributed by atoms with van der Waals surface area (Å²) in [6.07, 6.45) is -0.573.